The Labute approximate surface area is 119 Å². The van der Waals surface area contributed by atoms with Gasteiger partial charge in [0, 0.05) is 15.6 Å². The third-order valence-corrected chi connectivity index (χ3v) is 3.38. The summed E-state index contributed by atoms with van der Waals surface area (Å²) >= 11 is 3.47. The number of halogens is 1. The number of nitrogens with zero attached hydrogens (tertiary/aromatic N) is 1. The average Bonchev–Trinajstić information content (AvgIpc) is 2.46. The number of amidine groups is 1. The molecule has 0 spiro atoms. The van der Waals surface area contributed by atoms with E-state index >= 15 is 0 Å². The molecule has 0 atom stereocenters. The van der Waals surface area contributed by atoms with Gasteiger partial charge < -0.3 is 15.7 Å². The standard InChI is InChI=1S/C14H13BrN2O2/c15-13-4-2-1-3-11(13)9-19-12-7-5-10(6-8-12)14(16)17-18/h1-8,18H,9H2,(H2,16,17). The molecule has 3 N–H and O–H groups in total. The monoisotopic (exact) mass is 320 g/mol. The third kappa shape index (κ3) is 3.48. The molecule has 0 aliphatic rings. The molecule has 98 valence electrons. The molecule has 2 rings (SSSR count). The van der Waals surface area contributed by atoms with Gasteiger partial charge >= 0.3 is 0 Å². The summed E-state index contributed by atoms with van der Waals surface area (Å²) in [5.74, 6) is 0.808. The van der Waals surface area contributed by atoms with Crippen molar-refractivity contribution in [1.82, 2.24) is 0 Å². The first-order valence-electron chi connectivity index (χ1n) is 5.65. The van der Waals surface area contributed by atoms with Gasteiger partial charge in [-0.15, -0.1) is 0 Å². The summed E-state index contributed by atoms with van der Waals surface area (Å²) in [4.78, 5) is 0. The predicted molar refractivity (Wildman–Crippen MR) is 77.4 cm³/mol. The fourth-order valence-electron chi connectivity index (χ4n) is 1.56. The van der Waals surface area contributed by atoms with E-state index in [0.717, 1.165) is 15.8 Å². The lowest BCUT2D eigenvalue weighted by Crippen LogP contribution is -2.12. The van der Waals surface area contributed by atoms with Gasteiger partial charge in [0.2, 0.25) is 0 Å². The molecule has 0 bridgehead atoms. The summed E-state index contributed by atoms with van der Waals surface area (Å²) in [5.41, 5.74) is 7.20. The largest absolute Gasteiger partial charge is 0.489 e. The van der Waals surface area contributed by atoms with Gasteiger partial charge in [0.15, 0.2) is 5.84 Å². The molecule has 0 saturated heterocycles. The molecule has 5 heteroatoms. The molecule has 19 heavy (non-hydrogen) atoms. The summed E-state index contributed by atoms with van der Waals surface area (Å²) in [5, 5.41) is 11.5. The van der Waals surface area contributed by atoms with E-state index in [0.29, 0.717) is 12.2 Å². The lowest BCUT2D eigenvalue weighted by molar-refractivity contribution is 0.305. The van der Waals surface area contributed by atoms with E-state index in [1.54, 1.807) is 24.3 Å². The summed E-state index contributed by atoms with van der Waals surface area (Å²) in [7, 11) is 0. The van der Waals surface area contributed by atoms with Crippen molar-refractivity contribution in [2.75, 3.05) is 0 Å². The van der Waals surface area contributed by atoms with E-state index in [9.17, 15) is 0 Å². The smallest absolute Gasteiger partial charge is 0.170 e. The van der Waals surface area contributed by atoms with Crippen molar-refractivity contribution >= 4 is 21.8 Å². The lowest BCUT2D eigenvalue weighted by Gasteiger charge is -2.08. The third-order valence-electron chi connectivity index (χ3n) is 2.61. The first kappa shape index (κ1) is 13.4. The molecule has 2 aromatic carbocycles. The molecular formula is C14H13BrN2O2. The quantitative estimate of drug-likeness (QED) is 0.393. The van der Waals surface area contributed by atoms with Crippen LogP contribution in [0.5, 0.6) is 5.75 Å². The Hall–Kier alpha value is -2.01. The van der Waals surface area contributed by atoms with Crippen molar-refractivity contribution in [3.8, 4) is 5.75 Å². The van der Waals surface area contributed by atoms with Gasteiger partial charge in [0.1, 0.15) is 12.4 Å². The van der Waals surface area contributed by atoms with Crippen molar-refractivity contribution in [2.45, 2.75) is 6.61 Å². The average molecular weight is 321 g/mol. The van der Waals surface area contributed by atoms with Gasteiger partial charge in [-0.05, 0) is 30.3 Å². The normalized spacial score (nSPS) is 11.3. The van der Waals surface area contributed by atoms with Gasteiger partial charge in [0.25, 0.3) is 0 Å². The number of rotatable bonds is 4. The van der Waals surface area contributed by atoms with Crippen LogP contribution in [0.2, 0.25) is 0 Å². The minimum Gasteiger partial charge on any atom is -0.489 e. The highest BCUT2D eigenvalue weighted by Gasteiger charge is 2.02. The van der Waals surface area contributed by atoms with Gasteiger partial charge in [-0.25, -0.2) is 0 Å². The maximum Gasteiger partial charge on any atom is 0.170 e. The number of hydrogen-bond acceptors (Lipinski definition) is 3. The van der Waals surface area contributed by atoms with Crippen LogP contribution in [0.4, 0.5) is 0 Å². The van der Waals surface area contributed by atoms with E-state index in [2.05, 4.69) is 21.1 Å². The van der Waals surface area contributed by atoms with Gasteiger partial charge in [-0.3, -0.25) is 0 Å². The Balaban J connectivity index is 2.03. The van der Waals surface area contributed by atoms with Gasteiger partial charge in [-0.2, -0.15) is 0 Å². The molecular weight excluding hydrogens is 308 g/mol. The molecule has 0 radical (unpaired) electrons. The van der Waals surface area contributed by atoms with Crippen LogP contribution in [0, 0.1) is 0 Å². The number of oxime groups is 1. The summed E-state index contributed by atoms with van der Waals surface area (Å²) in [6.07, 6.45) is 0. The second-order valence-corrected chi connectivity index (χ2v) is 4.74. The highest BCUT2D eigenvalue weighted by atomic mass is 79.9. The molecule has 0 aliphatic carbocycles. The maximum absolute atomic E-state index is 8.57. The molecule has 0 unspecified atom stereocenters. The maximum atomic E-state index is 8.57. The molecule has 0 aromatic heterocycles. The number of benzene rings is 2. The highest BCUT2D eigenvalue weighted by Crippen LogP contribution is 2.19. The highest BCUT2D eigenvalue weighted by molar-refractivity contribution is 9.10. The minimum absolute atomic E-state index is 0.0809. The van der Waals surface area contributed by atoms with Crippen molar-refractivity contribution in [1.29, 1.82) is 0 Å². The molecule has 0 heterocycles. The Bertz CT molecular complexity index is 582. The molecule has 0 aliphatic heterocycles. The van der Waals surface area contributed by atoms with Gasteiger partial charge in [-0.1, -0.05) is 39.3 Å². The summed E-state index contributed by atoms with van der Waals surface area (Å²) in [6, 6.07) is 14.9. The minimum atomic E-state index is 0.0809. The molecule has 0 saturated carbocycles. The number of hydrogen-bond donors (Lipinski definition) is 2. The zero-order valence-electron chi connectivity index (χ0n) is 10.1. The van der Waals surface area contributed by atoms with Crippen molar-refractivity contribution in [2.24, 2.45) is 10.9 Å². The van der Waals surface area contributed by atoms with E-state index in [-0.39, 0.29) is 5.84 Å². The van der Waals surface area contributed by atoms with Crippen molar-refractivity contribution in [3.05, 3.63) is 64.1 Å². The zero-order chi connectivity index (χ0) is 13.7. The topological polar surface area (TPSA) is 67.8 Å². The molecule has 0 amide bonds. The van der Waals surface area contributed by atoms with E-state index in [1.165, 1.54) is 0 Å². The Morgan fingerprint density at radius 3 is 2.47 bits per heavy atom. The van der Waals surface area contributed by atoms with Crippen LogP contribution < -0.4 is 10.5 Å². The Kier molecular flexibility index (Phi) is 4.41. The van der Waals surface area contributed by atoms with E-state index in [1.807, 2.05) is 24.3 Å². The van der Waals surface area contributed by atoms with Crippen LogP contribution >= 0.6 is 15.9 Å². The van der Waals surface area contributed by atoms with Crippen LogP contribution in [0.1, 0.15) is 11.1 Å². The number of ether oxygens (including phenoxy) is 1. The van der Waals surface area contributed by atoms with Crippen molar-refractivity contribution in [3.63, 3.8) is 0 Å². The SMILES string of the molecule is N/C(=N\O)c1ccc(OCc2ccccc2Br)cc1. The Morgan fingerprint density at radius 2 is 1.84 bits per heavy atom. The Morgan fingerprint density at radius 1 is 1.16 bits per heavy atom. The summed E-state index contributed by atoms with van der Waals surface area (Å²) in [6.45, 7) is 0.477. The molecule has 0 fully saturated rings. The van der Waals surface area contributed by atoms with Crippen LogP contribution in [-0.2, 0) is 6.61 Å². The first-order valence-corrected chi connectivity index (χ1v) is 6.44. The first-order chi connectivity index (χ1) is 9.20. The second kappa shape index (κ2) is 6.24. The second-order valence-electron chi connectivity index (χ2n) is 3.89. The lowest BCUT2D eigenvalue weighted by atomic mass is 10.2. The van der Waals surface area contributed by atoms with Crippen LogP contribution in [-0.4, -0.2) is 11.0 Å². The van der Waals surface area contributed by atoms with E-state index in [4.69, 9.17) is 15.7 Å². The van der Waals surface area contributed by atoms with Gasteiger partial charge in [0.05, 0.1) is 0 Å². The van der Waals surface area contributed by atoms with Crippen LogP contribution in [0.25, 0.3) is 0 Å². The number of nitrogens with two attached hydrogens (primary N) is 1. The van der Waals surface area contributed by atoms with Crippen LogP contribution in [0.3, 0.4) is 0 Å². The van der Waals surface area contributed by atoms with E-state index < -0.39 is 0 Å². The fourth-order valence-corrected chi connectivity index (χ4v) is 1.96. The molecule has 4 nitrogen and oxygen atoms in total. The molecule has 2 aromatic rings. The van der Waals surface area contributed by atoms with Crippen molar-refractivity contribution < 1.29 is 9.94 Å². The van der Waals surface area contributed by atoms with Crippen LogP contribution in [0.15, 0.2) is 58.2 Å². The zero-order valence-corrected chi connectivity index (χ0v) is 11.7. The summed E-state index contributed by atoms with van der Waals surface area (Å²) < 4.78 is 6.68. The fraction of sp³-hybridized carbons (Fsp3) is 0.0714. The predicted octanol–water partition coefficient (Wildman–Crippen LogP) is 3.12.